The lowest BCUT2D eigenvalue weighted by Crippen LogP contribution is -2.18. The van der Waals surface area contributed by atoms with Crippen LogP contribution in [0, 0.1) is 23.5 Å². The van der Waals surface area contributed by atoms with Crippen molar-refractivity contribution in [2.75, 3.05) is 0 Å². The number of hydrogen-bond donors (Lipinski definition) is 2. The summed E-state index contributed by atoms with van der Waals surface area (Å²) >= 11 is 0. The minimum Gasteiger partial charge on any atom is -0.481 e. The minimum absolute atomic E-state index is 0.0355. The first-order valence-electron chi connectivity index (χ1n) is 8.95. The van der Waals surface area contributed by atoms with Gasteiger partial charge in [-0.15, -0.1) is 0 Å². The number of aliphatic hydroxyl groups is 1. The smallest absolute Gasteiger partial charge is 0.303 e. The molecule has 1 aromatic carbocycles. The molecule has 0 aliphatic heterocycles. The van der Waals surface area contributed by atoms with Gasteiger partial charge in [0.05, 0.1) is 6.10 Å². The molecule has 6 heteroatoms. The number of carboxylic acids is 1. The second-order valence-corrected chi connectivity index (χ2v) is 6.76. The van der Waals surface area contributed by atoms with E-state index in [1.54, 1.807) is 0 Å². The number of halogens is 2. The third kappa shape index (κ3) is 5.46. The van der Waals surface area contributed by atoms with Crippen LogP contribution in [0.3, 0.4) is 0 Å². The fourth-order valence-corrected chi connectivity index (χ4v) is 3.46. The van der Waals surface area contributed by atoms with E-state index in [1.807, 2.05) is 0 Å². The van der Waals surface area contributed by atoms with E-state index in [0.717, 1.165) is 31.4 Å². The van der Waals surface area contributed by atoms with Crippen LogP contribution in [0.5, 0.6) is 0 Å². The Balaban J connectivity index is 1.94. The number of unbranched alkanes of at least 4 members (excludes halogenated alkanes) is 3. The zero-order valence-electron chi connectivity index (χ0n) is 14.5. The van der Waals surface area contributed by atoms with Gasteiger partial charge in [-0.2, -0.15) is 0 Å². The van der Waals surface area contributed by atoms with E-state index < -0.39 is 29.6 Å². The molecule has 1 fully saturated rings. The van der Waals surface area contributed by atoms with Gasteiger partial charge < -0.3 is 10.2 Å². The average Bonchev–Trinajstić information content (AvgIpc) is 2.83. The van der Waals surface area contributed by atoms with Gasteiger partial charge in [0.15, 0.2) is 0 Å². The van der Waals surface area contributed by atoms with Gasteiger partial charge in [-0.25, -0.2) is 8.78 Å². The molecule has 1 aliphatic rings. The van der Waals surface area contributed by atoms with Gasteiger partial charge in [-0.1, -0.05) is 37.5 Å². The van der Waals surface area contributed by atoms with Crippen LogP contribution in [0.4, 0.5) is 8.78 Å². The molecule has 26 heavy (non-hydrogen) atoms. The highest BCUT2D eigenvalue weighted by atomic mass is 19.1. The summed E-state index contributed by atoms with van der Waals surface area (Å²) in [5.74, 6) is -3.04. The lowest BCUT2D eigenvalue weighted by molar-refractivity contribution is -0.137. The summed E-state index contributed by atoms with van der Waals surface area (Å²) in [5, 5.41) is 18.7. The number of carbonyl (C=O) groups is 2. The first-order valence-corrected chi connectivity index (χ1v) is 8.95. The van der Waals surface area contributed by atoms with Gasteiger partial charge in [0.25, 0.3) is 0 Å². The first-order chi connectivity index (χ1) is 12.4. The van der Waals surface area contributed by atoms with Gasteiger partial charge in [-0.05, 0) is 25.0 Å². The quantitative estimate of drug-likeness (QED) is 0.649. The van der Waals surface area contributed by atoms with Crippen molar-refractivity contribution in [3.05, 3.63) is 41.5 Å². The summed E-state index contributed by atoms with van der Waals surface area (Å²) in [5.41, 5.74) is -0.175. The summed E-state index contributed by atoms with van der Waals surface area (Å²) in [6.07, 6.45) is 5.71. The molecule has 3 atom stereocenters. The lowest BCUT2D eigenvalue weighted by atomic mass is 9.88. The highest BCUT2D eigenvalue weighted by molar-refractivity contribution is 5.84. The summed E-state index contributed by atoms with van der Waals surface area (Å²) in [4.78, 5) is 22.6. The van der Waals surface area contributed by atoms with Gasteiger partial charge in [0, 0.05) is 30.2 Å². The maximum absolute atomic E-state index is 13.7. The predicted molar refractivity (Wildman–Crippen MR) is 93.3 cm³/mol. The number of aliphatic carboxylic acids is 1. The van der Waals surface area contributed by atoms with Crippen molar-refractivity contribution in [1.82, 2.24) is 0 Å². The molecular formula is C20H24F2O4. The van der Waals surface area contributed by atoms with Crippen molar-refractivity contribution in [3.8, 4) is 0 Å². The SMILES string of the molecule is O=C(O)CCCCCCC1C(=O)CC(O)C1C=Cc1c(F)cccc1F. The van der Waals surface area contributed by atoms with Gasteiger partial charge >= 0.3 is 5.97 Å². The Labute approximate surface area is 151 Å². The summed E-state index contributed by atoms with van der Waals surface area (Å²) in [6, 6.07) is 3.60. The standard InChI is InChI=1S/C20H24F2O4/c21-16-7-5-8-17(22)15(16)11-10-14-13(18(23)12-19(14)24)6-3-1-2-4-9-20(25)26/h5,7-8,10-11,13-14,19,24H,1-4,6,9,12H2,(H,25,26). The van der Waals surface area contributed by atoms with Crippen molar-refractivity contribution < 1.29 is 28.6 Å². The van der Waals surface area contributed by atoms with Crippen LogP contribution >= 0.6 is 0 Å². The Morgan fingerprint density at radius 2 is 1.81 bits per heavy atom. The van der Waals surface area contributed by atoms with E-state index in [2.05, 4.69) is 0 Å². The van der Waals surface area contributed by atoms with Gasteiger partial charge in [0.1, 0.15) is 17.4 Å². The van der Waals surface area contributed by atoms with E-state index in [1.165, 1.54) is 18.2 Å². The van der Waals surface area contributed by atoms with Crippen LogP contribution in [0.2, 0.25) is 0 Å². The van der Waals surface area contributed by atoms with Crippen molar-refractivity contribution in [2.24, 2.45) is 11.8 Å². The minimum atomic E-state index is -0.842. The number of aliphatic hydroxyl groups excluding tert-OH is 1. The molecule has 2 N–H and O–H groups in total. The third-order valence-electron chi connectivity index (χ3n) is 4.87. The van der Waals surface area contributed by atoms with Crippen LogP contribution in [-0.4, -0.2) is 28.1 Å². The highest BCUT2D eigenvalue weighted by Crippen LogP contribution is 2.35. The molecule has 0 bridgehead atoms. The number of Topliss-reactive ketones (excluding diaryl/α,β-unsaturated/α-hetero) is 1. The van der Waals surface area contributed by atoms with Crippen LogP contribution in [0.25, 0.3) is 6.08 Å². The topological polar surface area (TPSA) is 74.6 Å². The van der Waals surface area contributed by atoms with Crippen LogP contribution in [0.1, 0.15) is 50.5 Å². The molecule has 142 valence electrons. The molecular weight excluding hydrogens is 342 g/mol. The predicted octanol–water partition coefficient (Wildman–Crippen LogP) is 3.97. The molecule has 0 spiro atoms. The number of carbonyl (C=O) groups excluding carboxylic acids is 1. The van der Waals surface area contributed by atoms with Crippen molar-refractivity contribution in [2.45, 2.75) is 51.0 Å². The summed E-state index contributed by atoms with van der Waals surface area (Å²) < 4.78 is 27.4. The van der Waals surface area contributed by atoms with E-state index in [0.29, 0.717) is 12.8 Å². The van der Waals surface area contributed by atoms with Crippen molar-refractivity contribution in [1.29, 1.82) is 0 Å². The van der Waals surface area contributed by atoms with Crippen LogP contribution in [-0.2, 0) is 9.59 Å². The van der Waals surface area contributed by atoms with E-state index in [4.69, 9.17) is 5.11 Å². The third-order valence-corrected chi connectivity index (χ3v) is 4.87. The van der Waals surface area contributed by atoms with Crippen LogP contribution < -0.4 is 0 Å². The monoisotopic (exact) mass is 366 g/mol. The second-order valence-electron chi connectivity index (χ2n) is 6.76. The lowest BCUT2D eigenvalue weighted by Gasteiger charge is -2.17. The highest BCUT2D eigenvalue weighted by Gasteiger charge is 2.39. The number of benzene rings is 1. The molecule has 0 heterocycles. The fraction of sp³-hybridized carbons (Fsp3) is 0.500. The fourth-order valence-electron chi connectivity index (χ4n) is 3.46. The zero-order valence-corrected chi connectivity index (χ0v) is 14.5. The molecule has 0 radical (unpaired) electrons. The number of carboxylic acid groups (broad SMARTS) is 1. The molecule has 4 nitrogen and oxygen atoms in total. The maximum Gasteiger partial charge on any atom is 0.303 e. The molecule has 0 amide bonds. The molecule has 1 saturated carbocycles. The Kier molecular flexibility index (Phi) is 7.45. The number of ketones is 1. The first kappa shape index (κ1) is 20.2. The van der Waals surface area contributed by atoms with Crippen molar-refractivity contribution >= 4 is 17.8 Å². The van der Waals surface area contributed by atoms with Crippen LogP contribution in [0.15, 0.2) is 24.3 Å². The second kappa shape index (κ2) is 9.57. The van der Waals surface area contributed by atoms with E-state index in [-0.39, 0.29) is 30.1 Å². The molecule has 0 saturated heterocycles. The van der Waals surface area contributed by atoms with E-state index in [9.17, 15) is 23.5 Å². The maximum atomic E-state index is 13.7. The Morgan fingerprint density at radius 1 is 1.15 bits per heavy atom. The van der Waals surface area contributed by atoms with Crippen molar-refractivity contribution in [3.63, 3.8) is 0 Å². The molecule has 1 aliphatic carbocycles. The molecule has 0 aromatic heterocycles. The van der Waals surface area contributed by atoms with Gasteiger partial charge in [0.2, 0.25) is 0 Å². The summed E-state index contributed by atoms with van der Waals surface area (Å²) in [7, 11) is 0. The Hall–Kier alpha value is -2.08. The number of rotatable bonds is 9. The Morgan fingerprint density at radius 3 is 2.46 bits per heavy atom. The largest absolute Gasteiger partial charge is 0.481 e. The summed E-state index contributed by atoms with van der Waals surface area (Å²) in [6.45, 7) is 0. The zero-order chi connectivity index (χ0) is 19.1. The molecule has 2 rings (SSSR count). The Bertz CT molecular complexity index is 652. The normalized spacial score (nSPS) is 23.0. The molecule has 1 aromatic rings. The number of hydrogen-bond acceptors (Lipinski definition) is 3. The van der Waals surface area contributed by atoms with Gasteiger partial charge in [-0.3, -0.25) is 9.59 Å². The molecule has 3 unspecified atom stereocenters. The van der Waals surface area contributed by atoms with E-state index >= 15 is 0 Å². The average molecular weight is 366 g/mol.